The molecular formula is C20H28N4O2S. The number of piperidine rings is 1. The summed E-state index contributed by atoms with van der Waals surface area (Å²) in [6.45, 7) is 8.67. The molecule has 0 aromatic carbocycles. The molecule has 1 amide bonds. The van der Waals surface area contributed by atoms with Gasteiger partial charge in [0, 0.05) is 25.9 Å². The van der Waals surface area contributed by atoms with E-state index in [4.69, 9.17) is 4.52 Å². The fourth-order valence-electron chi connectivity index (χ4n) is 4.42. The van der Waals surface area contributed by atoms with Crippen LogP contribution in [0, 0.1) is 5.41 Å². The number of likely N-dealkylation sites (tertiary alicyclic amines) is 1. The van der Waals surface area contributed by atoms with E-state index in [2.05, 4.69) is 43.7 Å². The summed E-state index contributed by atoms with van der Waals surface area (Å²) in [6, 6.07) is 2.67. The summed E-state index contributed by atoms with van der Waals surface area (Å²) in [5.41, 5.74) is 1.55. The van der Waals surface area contributed by atoms with Gasteiger partial charge in [0.05, 0.1) is 6.04 Å². The van der Waals surface area contributed by atoms with Gasteiger partial charge in [0.25, 0.3) is 0 Å². The molecule has 2 atom stereocenters. The van der Waals surface area contributed by atoms with Crippen molar-refractivity contribution in [2.75, 3.05) is 13.1 Å². The van der Waals surface area contributed by atoms with Gasteiger partial charge in [-0.3, -0.25) is 9.69 Å². The van der Waals surface area contributed by atoms with Crippen molar-refractivity contribution >= 4 is 17.2 Å². The van der Waals surface area contributed by atoms with Crippen molar-refractivity contribution in [1.29, 1.82) is 0 Å². The quantitative estimate of drug-likeness (QED) is 0.756. The maximum absolute atomic E-state index is 12.3. The van der Waals surface area contributed by atoms with Crippen LogP contribution in [0.1, 0.15) is 63.4 Å². The molecule has 0 bridgehead atoms. The molecule has 0 unspecified atom stereocenters. The first-order valence-corrected chi connectivity index (χ1v) is 10.8. The molecule has 1 aliphatic heterocycles. The van der Waals surface area contributed by atoms with E-state index < -0.39 is 0 Å². The number of carbonyl (C=O) groups excluding carboxylic acids is 1. The fraction of sp³-hybridized carbons (Fsp3) is 0.650. The van der Waals surface area contributed by atoms with Gasteiger partial charge in [-0.15, -0.1) is 0 Å². The topological polar surface area (TPSA) is 62.5 Å². The summed E-state index contributed by atoms with van der Waals surface area (Å²) in [5, 5.41) is 8.25. The van der Waals surface area contributed by atoms with Crippen molar-refractivity contribution in [1.82, 2.24) is 19.9 Å². The summed E-state index contributed by atoms with van der Waals surface area (Å²) in [6.07, 6.45) is 4.19. The van der Waals surface area contributed by atoms with E-state index in [1.807, 2.05) is 6.92 Å². The van der Waals surface area contributed by atoms with Gasteiger partial charge >= 0.3 is 0 Å². The van der Waals surface area contributed by atoms with Crippen LogP contribution in [0.2, 0.25) is 0 Å². The molecule has 0 N–H and O–H groups in total. The molecule has 1 spiro atoms. The predicted molar refractivity (Wildman–Crippen MR) is 104 cm³/mol. The smallest absolute Gasteiger partial charge is 0.243 e. The third-order valence-corrected chi connectivity index (χ3v) is 7.09. The molecule has 2 fully saturated rings. The third-order valence-electron chi connectivity index (χ3n) is 6.36. The molecule has 1 saturated heterocycles. The van der Waals surface area contributed by atoms with Crippen molar-refractivity contribution in [3.8, 4) is 0 Å². The maximum atomic E-state index is 12.3. The van der Waals surface area contributed by atoms with Crippen molar-refractivity contribution < 1.29 is 9.32 Å². The molecule has 2 aliphatic rings. The van der Waals surface area contributed by atoms with Crippen LogP contribution in [-0.2, 0) is 17.8 Å². The largest absolute Gasteiger partial charge is 0.338 e. The van der Waals surface area contributed by atoms with E-state index in [1.165, 1.54) is 5.56 Å². The van der Waals surface area contributed by atoms with Crippen LogP contribution in [0.15, 0.2) is 21.3 Å². The van der Waals surface area contributed by atoms with Crippen molar-refractivity contribution in [3.63, 3.8) is 0 Å². The van der Waals surface area contributed by atoms with Crippen molar-refractivity contribution in [3.05, 3.63) is 34.1 Å². The number of amides is 1. The van der Waals surface area contributed by atoms with Gasteiger partial charge in [-0.05, 0) is 67.1 Å². The van der Waals surface area contributed by atoms with Gasteiger partial charge in [0.15, 0.2) is 5.82 Å². The van der Waals surface area contributed by atoms with Crippen molar-refractivity contribution in [2.45, 2.75) is 65.1 Å². The molecule has 3 heterocycles. The number of carbonyl (C=O) groups is 1. The Morgan fingerprint density at radius 3 is 2.85 bits per heavy atom. The van der Waals surface area contributed by atoms with Crippen molar-refractivity contribution in [2.24, 2.45) is 5.41 Å². The second-order valence-corrected chi connectivity index (χ2v) is 8.76. The number of rotatable bonds is 6. The SMILES string of the molecule is CCc1noc([C@H](C)N2CCC3(CC2)C[C@@H]3N(Cc2ccsc2)C(C)=O)n1. The number of aromatic nitrogens is 2. The first-order valence-electron chi connectivity index (χ1n) is 9.87. The molecule has 2 aromatic rings. The Balaban J connectivity index is 1.36. The van der Waals surface area contributed by atoms with E-state index in [9.17, 15) is 4.79 Å². The Labute approximate surface area is 164 Å². The zero-order chi connectivity index (χ0) is 19.0. The lowest BCUT2D eigenvalue weighted by atomic mass is 9.91. The molecule has 6 nitrogen and oxygen atoms in total. The Morgan fingerprint density at radius 1 is 1.48 bits per heavy atom. The molecule has 146 valence electrons. The highest BCUT2D eigenvalue weighted by molar-refractivity contribution is 7.07. The molecule has 4 rings (SSSR count). The van der Waals surface area contributed by atoms with E-state index in [0.29, 0.717) is 11.5 Å². The van der Waals surface area contributed by atoms with Crippen LogP contribution >= 0.6 is 11.3 Å². The zero-order valence-corrected chi connectivity index (χ0v) is 17.2. The van der Waals surface area contributed by atoms with Crippen LogP contribution in [0.25, 0.3) is 0 Å². The monoisotopic (exact) mass is 388 g/mol. The summed E-state index contributed by atoms with van der Waals surface area (Å²) >= 11 is 1.69. The molecule has 2 aromatic heterocycles. The number of thiophene rings is 1. The Morgan fingerprint density at radius 2 is 2.26 bits per heavy atom. The lowest BCUT2D eigenvalue weighted by Gasteiger charge is -2.36. The lowest BCUT2D eigenvalue weighted by Crippen LogP contribution is -2.41. The zero-order valence-electron chi connectivity index (χ0n) is 16.4. The molecule has 27 heavy (non-hydrogen) atoms. The van der Waals surface area contributed by atoms with Crippen LogP contribution < -0.4 is 0 Å². The van der Waals surface area contributed by atoms with E-state index in [0.717, 1.165) is 57.0 Å². The van der Waals surface area contributed by atoms with Gasteiger partial charge in [-0.1, -0.05) is 12.1 Å². The minimum atomic E-state index is 0.155. The van der Waals surface area contributed by atoms with Gasteiger partial charge in [0.1, 0.15) is 0 Å². The summed E-state index contributed by atoms with van der Waals surface area (Å²) in [4.78, 5) is 21.3. The van der Waals surface area contributed by atoms with Crippen LogP contribution in [-0.4, -0.2) is 45.0 Å². The molecule has 1 aliphatic carbocycles. The summed E-state index contributed by atoms with van der Waals surface area (Å²) in [5.74, 6) is 1.69. The van der Waals surface area contributed by atoms with E-state index in [1.54, 1.807) is 18.3 Å². The van der Waals surface area contributed by atoms with E-state index in [-0.39, 0.29) is 11.9 Å². The standard InChI is InChI=1S/C20H28N4O2S/c1-4-18-21-19(26-22-18)14(2)23-8-6-20(7-9-23)11-17(20)24(15(3)25)12-16-5-10-27-13-16/h5,10,13-14,17H,4,6-9,11-12H2,1-3H3/t14-,17-/m0/s1. The highest BCUT2D eigenvalue weighted by Crippen LogP contribution is 2.57. The van der Waals surface area contributed by atoms with Gasteiger partial charge in [-0.25, -0.2) is 0 Å². The predicted octanol–water partition coefficient (Wildman–Crippen LogP) is 3.66. The molecule has 7 heteroatoms. The lowest BCUT2D eigenvalue weighted by molar-refractivity contribution is -0.130. The maximum Gasteiger partial charge on any atom is 0.243 e. The van der Waals surface area contributed by atoms with E-state index >= 15 is 0 Å². The molecule has 0 radical (unpaired) electrons. The number of hydrogen-bond donors (Lipinski definition) is 0. The van der Waals surface area contributed by atoms with Crippen LogP contribution in [0.4, 0.5) is 0 Å². The number of aryl methyl sites for hydroxylation is 1. The van der Waals surface area contributed by atoms with Crippen LogP contribution in [0.3, 0.4) is 0 Å². The summed E-state index contributed by atoms with van der Waals surface area (Å²) in [7, 11) is 0. The Bertz CT molecular complexity index is 780. The Hall–Kier alpha value is -1.73. The average Bonchev–Trinajstić information content (AvgIpc) is 3.08. The first kappa shape index (κ1) is 18.6. The van der Waals surface area contributed by atoms with Gasteiger partial charge in [-0.2, -0.15) is 16.3 Å². The third kappa shape index (κ3) is 3.67. The second-order valence-electron chi connectivity index (χ2n) is 7.98. The number of nitrogens with zero attached hydrogens (tertiary/aromatic N) is 4. The fourth-order valence-corrected chi connectivity index (χ4v) is 5.08. The number of hydrogen-bond acceptors (Lipinski definition) is 6. The second kappa shape index (κ2) is 7.36. The molecule has 1 saturated carbocycles. The van der Waals surface area contributed by atoms with Gasteiger partial charge in [0.2, 0.25) is 11.8 Å². The minimum Gasteiger partial charge on any atom is -0.338 e. The van der Waals surface area contributed by atoms with Crippen LogP contribution in [0.5, 0.6) is 0 Å². The highest BCUT2D eigenvalue weighted by atomic mass is 32.1. The normalized spacial score (nSPS) is 22.7. The summed E-state index contributed by atoms with van der Waals surface area (Å²) < 4.78 is 5.43. The Kier molecular flexibility index (Phi) is 5.07. The first-order chi connectivity index (χ1) is 13.0. The van der Waals surface area contributed by atoms with Gasteiger partial charge < -0.3 is 9.42 Å². The molecular weight excluding hydrogens is 360 g/mol. The minimum absolute atomic E-state index is 0.155. The average molecular weight is 389 g/mol. The highest BCUT2D eigenvalue weighted by Gasteiger charge is 2.58.